The lowest BCUT2D eigenvalue weighted by atomic mass is 9.87. The van der Waals surface area contributed by atoms with E-state index in [0.717, 1.165) is 37.3 Å². The maximum Gasteiger partial charge on any atom is 0.416 e. The number of nitrogens with zero attached hydrogens (tertiary/aromatic N) is 1. The van der Waals surface area contributed by atoms with Crippen molar-refractivity contribution in [1.29, 1.82) is 0 Å². The van der Waals surface area contributed by atoms with Gasteiger partial charge in [-0.2, -0.15) is 13.2 Å². The number of halogens is 4. The van der Waals surface area contributed by atoms with E-state index in [0.29, 0.717) is 22.9 Å². The van der Waals surface area contributed by atoms with Crippen molar-refractivity contribution >= 4 is 21.6 Å². The molecule has 1 saturated heterocycles. The van der Waals surface area contributed by atoms with E-state index < -0.39 is 11.7 Å². The molecular weight excluding hydrogens is 333 g/mol. The number of anilines is 1. The molecule has 2 N–H and O–H groups in total. The summed E-state index contributed by atoms with van der Waals surface area (Å²) in [5, 5.41) is 0. The van der Waals surface area contributed by atoms with Crippen LogP contribution in [0.4, 0.5) is 18.9 Å². The highest BCUT2D eigenvalue weighted by Gasteiger charge is 2.32. The van der Waals surface area contributed by atoms with Crippen molar-refractivity contribution in [2.75, 3.05) is 24.5 Å². The second-order valence-corrected chi connectivity index (χ2v) is 6.23. The van der Waals surface area contributed by atoms with Gasteiger partial charge in [-0.1, -0.05) is 6.92 Å². The predicted octanol–water partition coefficient (Wildman–Crippen LogP) is 3.89. The summed E-state index contributed by atoms with van der Waals surface area (Å²) in [5.41, 5.74) is 5.94. The SMILES string of the molecule is CC1CCN(c2ccc(C(F)(F)F)cc2Br)CC1CN. The Morgan fingerprint density at radius 3 is 2.65 bits per heavy atom. The molecule has 0 bridgehead atoms. The molecule has 1 aromatic rings. The molecule has 1 aliphatic heterocycles. The minimum absolute atomic E-state index is 0.387. The molecule has 0 radical (unpaired) electrons. The summed E-state index contributed by atoms with van der Waals surface area (Å²) in [6.07, 6.45) is -3.30. The maximum absolute atomic E-state index is 12.7. The third-order valence-electron chi connectivity index (χ3n) is 4.03. The Labute approximate surface area is 125 Å². The van der Waals surface area contributed by atoms with Crippen molar-refractivity contribution in [3.63, 3.8) is 0 Å². The zero-order chi connectivity index (χ0) is 14.9. The Morgan fingerprint density at radius 2 is 2.10 bits per heavy atom. The lowest BCUT2D eigenvalue weighted by Gasteiger charge is -2.38. The zero-order valence-corrected chi connectivity index (χ0v) is 12.8. The smallest absolute Gasteiger partial charge is 0.370 e. The molecule has 0 spiro atoms. The van der Waals surface area contributed by atoms with Crippen molar-refractivity contribution in [1.82, 2.24) is 0 Å². The molecule has 0 saturated carbocycles. The lowest BCUT2D eigenvalue weighted by Crippen LogP contribution is -2.42. The summed E-state index contributed by atoms with van der Waals surface area (Å²) in [5.74, 6) is 0.947. The molecule has 0 aliphatic carbocycles. The van der Waals surface area contributed by atoms with E-state index in [1.54, 1.807) is 0 Å². The average molecular weight is 351 g/mol. The number of rotatable bonds is 2. The fourth-order valence-corrected chi connectivity index (χ4v) is 3.24. The van der Waals surface area contributed by atoms with Gasteiger partial charge in [-0.25, -0.2) is 0 Å². The molecule has 2 nitrogen and oxygen atoms in total. The molecule has 2 unspecified atom stereocenters. The van der Waals surface area contributed by atoms with Gasteiger partial charge in [0.1, 0.15) is 0 Å². The summed E-state index contributed by atoms with van der Waals surface area (Å²) in [4.78, 5) is 2.11. The summed E-state index contributed by atoms with van der Waals surface area (Å²) in [6, 6.07) is 3.82. The van der Waals surface area contributed by atoms with Crippen molar-refractivity contribution in [2.45, 2.75) is 19.5 Å². The van der Waals surface area contributed by atoms with Gasteiger partial charge in [0.15, 0.2) is 0 Å². The second kappa shape index (κ2) is 5.93. The van der Waals surface area contributed by atoms with Gasteiger partial charge in [-0.3, -0.25) is 0 Å². The normalized spacial score (nSPS) is 24.0. The van der Waals surface area contributed by atoms with Crippen LogP contribution in [0.15, 0.2) is 22.7 Å². The van der Waals surface area contributed by atoms with Gasteiger partial charge in [-0.05, 0) is 58.9 Å². The van der Waals surface area contributed by atoms with E-state index in [2.05, 4.69) is 27.8 Å². The Bertz CT molecular complexity index is 476. The first kappa shape index (κ1) is 15.6. The van der Waals surface area contributed by atoms with Gasteiger partial charge in [0.05, 0.1) is 11.3 Å². The minimum Gasteiger partial charge on any atom is -0.370 e. The maximum atomic E-state index is 12.7. The molecule has 1 fully saturated rings. The van der Waals surface area contributed by atoms with Crippen LogP contribution >= 0.6 is 15.9 Å². The highest BCUT2D eigenvalue weighted by atomic mass is 79.9. The second-order valence-electron chi connectivity index (χ2n) is 5.37. The molecule has 1 aliphatic rings. The van der Waals surface area contributed by atoms with E-state index in [9.17, 15) is 13.2 Å². The first-order valence-electron chi connectivity index (χ1n) is 6.64. The molecule has 6 heteroatoms. The molecule has 2 rings (SSSR count). The van der Waals surface area contributed by atoms with Crippen LogP contribution in [0.3, 0.4) is 0 Å². The van der Waals surface area contributed by atoms with Gasteiger partial charge in [-0.15, -0.1) is 0 Å². The van der Waals surface area contributed by atoms with Crippen LogP contribution < -0.4 is 10.6 Å². The fraction of sp³-hybridized carbons (Fsp3) is 0.571. The quantitative estimate of drug-likeness (QED) is 0.876. The van der Waals surface area contributed by atoms with E-state index in [1.807, 2.05) is 0 Å². The number of hydrogen-bond acceptors (Lipinski definition) is 2. The van der Waals surface area contributed by atoms with Crippen LogP contribution in [0.25, 0.3) is 0 Å². The predicted molar refractivity (Wildman–Crippen MR) is 77.7 cm³/mol. The minimum atomic E-state index is -4.31. The fourth-order valence-electron chi connectivity index (χ4n) is 2.61. The molecule has 112 valence electrons. The molecule has 1 heterocycles. The topological polar surface area (TPSA) is 29.3 Å². The summed E-state index contributed by atoms with van der Waals surface area (Å²) in [6.45, 7) is 4.43. The summed E-state index contributed by atoms with van der Waals surface area (Å²) in [7, 11) is 0. The molecule has 20 heavy (non-hydrogen) atoms. The van der Waals surface area contributed by atoms with Crippen molar-refractivity contribution < 1.29 is 13.2 Å². The van der Waals surface area contributed by atoms with Crippen LogP contribution in [0.5, 0.6) is 0 Å². The molecular formula is C14H18BrF3N2. The van der Waals surface area contributed by atoms with Gasteiger partial charge in [0.2, 0.25) is 0 Å². The zero-order valence-electron chi connectivity index (χ0n) is 11.3. The van der Waals surface area contributed by atoms with Crippen LogP contribution in [-0.4, -0.2) is 19.6 Å². The standard InChI is InChI=1S/C14H18BrF3N2/c1-9-4-5-20(8-10(9)7-19)13-3-2-11(6-12(13)15)14(16,17)18/h2-3,6,9-10H,4-5,7-8,19H2,1H3. The van der Waals surface area contributed by atoms with E-state index in [-0.39, 0.29) is 0 Å². The Kier molecular flexibility index (Phi) is 4.64. The molecule has 2 atom stereocenters. The first-order valence-corrected chi connectivity index (χ1v) is 7.44. The highest BCUT2D eigenvalue weighted by Crippen LogP contribution is 2.37. The largest absolute Gasteiger partial charge is 0.416 e. The van der Waals surface area contributed by atoms with Gasteiger partial charge in [0, 0.05) is 17.6 Å². The van der Waals surface area contributed by atoms with E-state index >= 15 is 0 Å². The Balaban J connectivity index is 2.21. The number of benzene rings is 1. The molecule has 0 amide bonds. The number of hydrogen-bond donors (Lipinski definition) is 1. The average Bonchev–Trinajstić information content (AvgIpc) is 2.38. The van der Waals surface area contributed by atoms with E-state index in [1.165, 1.54) is 6.07 Å². The van der Waals surface area contributed by atoms with Gasteiger partial charge < -0.3 is 10.6 Å². The summed E-state index contributed by atoms with van der Waals surface area (Å²) >= 11 is 3.26. The number of piperidine rings is 1. The summed E-state index contributed by atoms with van der Waals surface area (Å²) < 4.78 is 38.5. The van der Waals surface area contributed by atoms with Crippen molar-refractivity contribution in [3.8, 4) is 0 Å². The van der Waals surface area contributed by atoms with Crippen molar-refractivity contribution in [3.05, 3.63) is 28.2 Å². The number of alkyl halides is 3. The van der Waals surface area contributed by atoms with Crippen LogP contribution in [0.1, 0.15) is 18.9 Å². The molecule has 1 aromatic carbocycles. The Morgan fingerprint density at radius 1 is 1.40 bits per heavy atom. The Hall–Kier alpha value is -0.750. The molecule has 0 aromatic heterocycles. The van der Waals surface area contributed by atoms with Crippen molar-refractivity contribution in [2.24, 2.45) is 17.6 Å². The van der Waals surface area contributed by atoms with Gasteiger partial charge in [0.25, 0.3) is 0 Å². The third kappa shape index (κ3) is 3.28. The highest BCUT2D eigenvalue weighted by molar-refractivity contribution is 9.10. The van der Waals surface area contributed by atoms with Gasteiger partial charge >= 0.3 is 6.18 Å². The van der Waals surface area contributed by atoms with Crippen LogP contribution in [0.2, 0.25) is 0 Å². The lowest BCUT2D eigenvalue weighted by molar-refractivity contribution is -0.137. The van der Waals surface area contributed by atoms with E-state index in [4.69, 9.17) is 5.73 Å². The first-order chi connectivity index (χ1) is 9.32. The van der Waals surface area contributed by atoms with Crippen LogP contribution in [0, 0.1) is 11.8 Å². The van der Waals surface area contributed by atoms with Crippen LogP contribution in [-0.2, 0) is 6.18 Å². The monoisotopic (exact) mass is 350 g/mol. The number of nitrogens with two attached hydrogens (primary N) is 1. The third-order valence-corrected chi connectivity index (χ3v) is 4.67.